The van der Waals surface area contributed by atoms with Crippen LogP contribution in [0.4, 0.5) is 14.6 Å². The molecule has 0 saturated carbocycles. The number of amides is 2. The lowest BCUT2D eigenvalue weighted by atomic mass is 9.94. The largest absolute Gasteiger partial charge is 0.340 e. The zero-order valence-corrected chi connectivity index (χ0v) is 21.2. The maximum absolute atomic E-state index is 14.9. The van der Waals surface area contributed by atoms with Gasteiger partial charge in [-0.05, 0) is 24.6 Å². The smallest absolute Gasteiger partial charge is 0.276 e. The number of benzene rings is 1. The number of pyridine rings is 1. The quantitative estimate of drug-likeness (QED) is 0.495. The van der Waals surface area contributed by atoms with Crippen molar-refractivity contribution >= 4 is 29.2 Å². The highest BCUT2D eigenvalue weighted by atomic mass is 35.5. The van der Waals surface area contributed by atoms with Crippen LogP contribution in [0.3, 0.4) is 0 Å². The Hall–Kier alpha value is -3.77. The van der Waals surface area contributed by atoms with Crippen molar-refractivity contribution in [2.24, 2.45) is 11.8 Å². The minimum absolute atomic E-state index is 0.00709. The summed E-state index contributed by atoms with van der Waals surface area (Å²) in [5, 5.41) is 6.58. The third-order valence-corrected chi connectivity index (χ3v) is 6.37. The minimum Gasteiger partial charge on any atom is -0.340 e. The van der Waals surface area contributed by atoms with Gasteiger partial charge in [0.25, 0.3) is 5.91 Å². The lowest BCUT2D eigenvalue weighted by Crippen LogP contribution is -2.47. The van der Waals surface area contributed by atoms with Crippen LogP contribution in [0.1, 0.15) is 41.9 Å². The molecule has 4 rings (SSSR count). The number of nitrogens with zero attached hydrogens (tertiary/aromatic N) is 4. The van der Waals surface area contributed by atoms with Gasteiger partial charge in [0.2, 0.25) is 5.91 Å². The maximum atomic E-state index is 14.9. The van der Waals surface area contributed by atoms with Crippen LogP contribution in [-0.2, 0) is 11.3 Å². The number of aromatic nitrogens is 3. The molecule has 1 N–H and O–H groups in total. The molecule has 2 aromatic heterocycles. The van der Waals surface area contributed by atoms with Crippen LogP contribution in [0, 0.1) is 29.5 Å². The van der Waals surface area contributed by atoms with Crippen LogP contribution in [-0.4, -0.2) is 50.7 Å². The van der Waals surface area contributed by atoms with E-state index in [1.807, 2.05) is 30.3 Å². The number of hydrogen-bond acceptors (Lipinski definition) is 4. The van der Waals surface area contributed by atoms with Gasteiger partial charge in [-0.25, -0.2) is 13.8 Å². The molecule has 7 nitrogen and oxygen atoms in total. The molecule has 3 aromatic rings. The second-order valence-corrected chi connectivity index (χ2v) is 9.56. The van der Waals surface area contributed by atoms with Crippen LogP contribution in [0.5, 0.6) is 0 Å². The number of halogens is 3. The van der Waals surface area contributed by atoms with Crippen LogP contribution in [0.15, 0.2) is 48.8 Å². The Morgan fingerprint density at radius 2 is 1.92 bits per heavy atom. The fraction of sp³-hybridized carbons (Fsp3) is 0.333. The molecule has 0 spiro atoms. The van der Waals surface area contributed by atoms with Crippen molar-refractivity contribution in [1.29, 1.82) is 0 Å². The number of anilines is 1. The van der Waals surface area contributed by atoms with E-state index in [9.17, 15) is 18.4 Å². The first-order valence-corrected chi connectivity index (χ1v) is 12.3. The Bertz CT molecular complexity index is 1350. The molecule has 1 saturated heterocycles. The van der Waals surface area contributed by atoms with Crippen molar-refractivity contribution in [3.05, 3.63) is 76.5 Å². The Labute approximate surface area is 218 Å². The summed E-state index contributed by atoms with van der Waals surface area (Å²) >= 11 is 6.20. The average Bonchev–Trinajstić information content (AvgIpc) is 3.25. The zero-order chi connectivity index (χ0) is 26.5. The van der Waals surface area contributed by atoms with Gasteiger partial charge in [-0.1, -0.05) is 55.5 Å². The number of nitrogens with one attached hydrogen (secondary N) is 1. The first kappa shape index (κ1) is 26.3. The van der Waals surface area contributed by atoms with E-state index in [1.165, 1.54) is 28.0 Å². The van der Waals surface area contributed by atoms with E-state index in [-0.39, 0.29) is 41.4 Å². The van der Waals surface area contributed by atoms with Gasteiger partial charge in [-0.3, -0.25) is 14.3 Å². The molecule has 10 heteroatoms. The van der Waals surface area contributed by atoms with Gasteiger partial charge in [0.1, 0.15) is 11.9 Å². The predicted octanol–water partition coefficient (Wildman–Crippen LogP) is 4.57. The third-order valence-electron chi connectivity index (χ3n) is 6.10. The maximum Gasteiger partial charge on any atom is 0.276 e. The van der Waals surface area contributed by atoms with Gasteiger partial charge in [0.05, 0.1) is 17.8 Å². The van der Waals surface area contributed by atoms with Crippen LogP contribution >= 0.6 is 11.6 Å². The fourth-order valence-electron chi connectivity index (χ4n) is 4.10. The molecule has 0 unspecified atom stereocenters. The summed E-state index contributed by atoms with van der Waals surface area (Å²) in [6.07, 6.45) is 1.78. The second kappa shape index (κ2) is 11.5. The summed E-state index contributed by atoms with van der Waals surface area (Å²) < 4.78 is 30.9. The second-order valence-electron chi connectivity index (χ2n) is 9.15. The molecular weight excluding hydrogens is 500 g/mol. The van der Waals surface area contributed by atoms with Crippen LogP contribution in [0.2, 0.25) is 5.02 Å². The monoisotopic (exact) mass is 525 g/mol. The third kappa shape index (κ3) is 6.33. The molecule has 1 aliphatic rings. The first-order chi connectivity index (χ1) is 17.7. The van der Waals surface area contributed by atoms with Crippen molar-refractivity contribution in [3.63, 3.8) is 0 Å². The summed E-state index contributed by atoms with van der Waals surface area (Å²) in [6, 6.07) is 10.4. The summed E-state index contributed by atoms with van der Waals surface area (Å²) in [7, 11) is 0. The highest BCUT2D eigenvalue weighted by molar-refractivity contribution is 6.34. The average molecular weight is 526 g/mol. The highest BCUT2D eigenvalue weighted by Gasteiger charge is 2.33. The van der Waals surface area contributed by atoms with Gasteiger partial charge in [-0.15, -0.1) is 0 Å². The van der Waals surface area contributed by atoms with E-state index in [0.29, 0.717) is 18.5 Å². The molecule has 0 aliphatic carbocycles. The first-order valence-electron chi connectivity index (χ1n) is 11.9. The van der Waals surface area contributed by atoms with Gasteiger partial charge >= 0.3 is 0 Å². The van der Waals surface area contributed by atoms with E-state index in [2.05, 4.69) is 27.2 Å². The molecule has 192 valence electrons. The van der Waals surface area contributed by atoms with E-state index in [4.69, 9.17) is 11.6 Å². The summed E-state index contributed by atoms with van der Waals surface area (Å²) in [5.41, 5.74) is 1.10. The van der Waals surface area contributed by atoms with Gasteiger partial charge in [0, 0.05) is 42.2 Å². The Kier molecular flexibility index (Phi) is 8.19. The Morgan fingerprint density at radius 1 is 1.19 bits per heavy atom. The molecule has 1 aliphatic heterocycles. The Balaban J connectivity index is 1.44. The lowest BCUT2D eigenvalue weighted by Gasteiger charge is -2.35. The molecule has 3 heterocycles. The number of piperidine rings is 1. The minimum atomic E-state index is -1.28. The van der Waals surface area contributed by atoms with Crippen LogP contribution < -0.4 is 5.32 Å². The van der Waals surface area contributed by atoms with E-state index in [1.54, 1.807) is 13.8 Å². The number of hydrogen-bond donors (Lipinski definition) is 1. The number of rotatable bonds is 5. The normalized spacial score (nSPS) is 17.3. The molecule has 37 heavy (non-hydrogen) atoms. The number of carbonyl (C=O) groups is 2. The van der Waals surface area contributed by atoms with Crippen molar-refractivity contribution in [1.82, 2.24) is 19.7 Å². The van der Waals surface area contributed by atoms with Gasteiger partial charge in [-0.2, -0.15) is 5.10 Å². The summed E-state index contributed by atoms with van der Waals surface area (Å²) in [4.78, 5) is 30.7. The molecule has 1 aromatic carbocycles. The molecule has 1 fully saturated rings. The van der Waals surface area contributed by atoms with E-state index < -0.39 is 23.8 Å². The number of carbonyl (C=O) groups excluding carboxylic acids is 2. The fourth-order valence-corrected chi connectivity index (χ4v) is 4.33. The van der Waals surface area contributed by atoms with Gasteiger partial charge in [0.15, 0.2) is 11.6 Å². The van der Waals surface area contributed by atoms with Crippen molar-refractivity contribution in [3.8, 4) is 11.8 Å². The lowest BCUT2D eigenvalue weighted by molar-refractivity contribution is -0.137. The Morgan fingerprint density at radius 3 is 2.59 bits per heavy atom. The van der Waals surface area contributed by atoms with Crippen molar-refractivity contribution in [2.75, 3.05) is 18.4 Å². The SMILES string of the molecule is CC(C)C(=O)N1CC[C@@H](Cn2ncc(Cl)c2C(=O)Nc2ncc(C#Cc3ccccc3)cc2F)[C@@H](F)C1. The zero-order valence-electron chi connectivity index (χ0n) is 20.4. The van der Waals surface area contributed by atoms with E-state index >= 15 is 0 Å². The van der Waals surface area contributed by atoms with Crippen molar-refractivity contribution in [2.45, 2.75) is 33.0 Å². The van der Waals surface area contributed by atoms with Crippen LogP contribution in [0.25, 0.3) is 0 Å². The van der Waals surface area contributed by atoms with Gasteiger partial charge < -0.3 is 10.2 Å². The molecule has 0 bridgehead atoms. The molecular formula is C27H26ClF2N5O2. The number of likely N-dealkylation sites (tertiary alicyclic amines) is 1. The molecule has 2 atom stereocenters. The number of alkyl halides is 1. The van der Waals surface area contributed by atoms with E-state index in [0.717, 1.165) is 5.56 Å². The predicted molar refractivity (Wildman–Crippen MR) is 136 cm³/mol. The topological polar surface area (TPSA) is 80.1 Å². The van der Waals surface area contributed by atoms with Crippen molar-refractivity contribution < 1.29 is 18.4 Å². The molecule has 2 amide bonds. The summed E-state index contributed by atoms with van der Waals surface area (Å²) in [5.74, 6) is 3.22. The summed E-state index contributed by atoms with van der Waals surface area (Å²) in [6.45, 7) is 4.06. The standard InChI is InChI=1S/C27H26ClF2N5O2/c1-17(2)27(37)34-11-10-20(23(30)16-34)15-35-24(21(28)14-32-35)26(36)33-25-22(29)12-19(13-31-25)9-8-18-6-4-3-5-7-18/h3-7,12-14,17,20,23H,10-11,15-16H2,1-2H3,(H,31,33,36)/t20-,23-/m0/s1. The molecule has 0 radical (unpaired) electrons. The highest BCUT2D eigenvalue weighted by Crippen LogP contribution is 2.26.